The zero-order valence-electron chi connectivity index (χ0n) is 18.8. The van der Waals surface area contributed by atoms with E-state index in [4.69, 9.17) is 9.47 Å². The Morgan fingerprint density at radius 1 is 1.16 bits per heavy atom. The maximum absolute atomic E-state index is 6.10. The molecule has 2 heterocycles. The average Bonchev–Trinajstić information content (AvgIpc) is 3.52. The second-order valence-electron chi connectivity index (χ2n) is 7.92. The van der Waals surface area contributed by atoms with Gasteiger partial charge in [0, 0.05) is 32.0 Å². The van der Waals surface area contributed by atoms with E-state index >= 15 is 0 Å². The molecule has 0 aliphatic carbocycles. The topological polar surface area (TPSA) is 72.7 Å². The fourth-order valence-electron chi connectivity index (χ4n) is 3.66. The van der Waals surface area contributed by atoms with Gasteiger partial charge in [-0.25, -0.2) is 4.68 Å². The highest BCUT2D eigenvalue weighted by atomic mass is 16.5. The summed E-state index contributed by atoms with van der Waals surface area (Å²) in [6.07, 6.45) is 4.34. The highest BCUT2D eigenvalue weighted by molar-refractivity contribution is 5.79. The van der Waals surface area contributed by atoms with Crippen molar-refractivity contribution >= 4 is 5.96 Å². The van der Waals surface area contributed by atoms with Crippen LogP contribution in [-0.4, -0.2) is 42.1 Å². The number of rotatable bonds is 8. The number of ether oxygens (including phenoxy) is 2. The van der Waals surface area contributed by atoms with Crippen molar-refractivity contribution in [2.45, 2.75) is 39.0 Å². The molecule has 1 saturated heterocycles. The van der Waals surface area contributed by atoms with E-state index < -0.39 is 0 Å². The molecule has 1 fully saturated rings. The lowest BCUT2D eigenvalue weighted by atomic mass is 10.1. The van der Waals surface area contributed by atoms with Gasteiger partial charge in [0.15, 0.2) is 5.96 Å². The quantitative estimate of drug-likeness (QED) is 0.419. The van der Waals surface area contributed by atoms with E-state index in [1.165, 1.54) is 5.56 Å². The van der Waals surface area contributed by atoms with E-state index in [1.807, 2.05) is 47.3 Å². The van der Waals surface area contributed by atoms with Crippen LogP contribution in [0.5, 0.6) is 5.75 Å². The highest BCUT2D eigenvalue weighted by Gasteiger charge is 2.17. The molecule has 168 valence electrons. The van der Waals surface area contributed by atoms with E-state index in [2.05, 4.69) is 45.8 Å². The van der Waals surface area contributed by atoms with E-state index in [9.17, 15) is 0 Å². The van der Waals surface area contributed by atoms with Crippen LogP contribution in [-0.2, 0) is 17.8 Å². The third-order valence-electron chi connectivity index (χ3n) is 5.44. The molecule has 0 saturated carbocycles. The molecule has 32 heavy (non-hydrogen) atoms. The van der Waals surface area contributed by atoms with Crippen LogP contribution in [0, 0.1) is 6.92 Å². The summed E-state index contributed by atoms with van der Waals surface area (Å²) in [4.78, 5) is 4.34. The smallest absolute Gasteiger partial charge is 0.191 e. The van der Waals surface area contributed by atoms with Crippen molar-refractivity contribution in [1.82, 2.24) is 20.4 Å². The minimum Gasteiger partial charge on any atom is -0.491 e. The number of para-hydroxylation sites is 1. The predicted octanol–water partition coefficient (Wildman–Crippen LogP) is 3.60. The van der Waals surface area contributed by atoms with Gasteiger partial charge < -0.3 is 20.1 Å². The minimum absolute atomic E-state index is 0.196. The third-order valence-corrected chi connectivity index (χ3v) is 5.44. The Morgan fingerprint density at radius 3 is 2.78 bits per heavy atom. The summed E-state index contributed by atoms with van der Waals surface area (Å²) in [5, 5.41) is 11.3. The van der Waals surface area contributed by atoms with Crippen molar-refractivity contribution < 1.29 is 9.47 Å². The van der Waals surface area contributed by atoms with E-state index in [1.54, 1.807) is 7.05 Å². The molecule has 0 amide bonds. The van der Waals surface area contributed by atoms with Gasteiger partial charge in [-0.2, -0.15) is 5.10 Å². The van der Waals surface area contributed by atoms with Crippen LogP contribution in [0.15, 0.2) is 65.8 Å². The number of aromatic nitrogens is 2. The molecule has 1 aliphatic rings. The molecule has 0 bridgehead atoms. The molecule has 2 aromatic carbocycles. The first-order valence-corrected chi connectivity index (χ1v) is 11.1. The molecule has 1 unspecified atom stereocenters. The van der Waals surface area contributed by atoms with Crippen LogP contribution in [0.25, 0.3) is 5.69 Å². The van der Waals surface area contributed by atoms with Crippen molar-refractivity contribution in [2.75, 3.05) is 20.3 Å². The Labute approximate surface area is 189 Å². The fourth-order valence-corrected chi connectivity index (χ4v) is 3.66. The highest BCUT2D eigenvalue weighted by Crippen LogP contribution is 2.22. The molecule has 4 rings (SSSR count). The standard InChI is InChI=1S/C25H31N5O2/c1-19-10-11-20(24(15-19)32-18-23-9-6-14-31-23)16-27-25(26-2)28-17-21-12-13-30(29-21)22-7-4-3-5-8-22/h3-5,7-8,10-13,15,23H,6,9,14,16-18H2,1-2H3,(H2,26,27,28). The van der Waals surface area contributed by atoms with Gasteiger partial charge in [0.05, 0.1) is 24.0 Å². The number of aliphatic imine (C=N–C) groups is 1. The Kier molecular flexibility index (Phi) is 7.40. The van der Waals surface area contributed by atoms with Crippen molar-refractivity contribution in [2.24, 2.45) is 4.99 Å². The van der Waals surface area contributed by atoms with E-state index in [0.29, 0.717) is 25.7 Å². The zero-order chi connectivity index (χ0) is 22.2. The largest absolute Gasteiger partial charge is 0.491 e. The van der Waals surface area contributed by atoms with Crippen LogP contribution in [0.2, 0.25) is 0 Å². The van der Waals surface area contributed by atoms with Crippen molar-refractivity contribution in [3.8, 4) is 11.4 Å². The van der Waals surface area contributed by atoms with Crippen LogP contribution in [0.4, 0.5) is 0 Å². The van der Waals surface area contributed by atoms with Crippen molar-refractivity contribution in [3.63, 3.8) is 0 Å². The molecule has 7 heteroatoms. The van der Waals surface area contributed by atoms with Crippen LogP contribution in [0.3, 0.4) is 0 Å². The zero-order valence-corrected chi connectivity index (χ0v) is 18.8. The minimum atomic E-state index is 0.196. The number of hydrogen-bond donors (Lipinski definition) is 2. The Morgan fingerprint density at radius 2 is 2.00 bits per heavy atom. The second-order valence-corrected chi connectivity index (χ2v) is 7.92. The summed E-state index contributed by atoms with van der Waals surface area (Å²) in [7, 11) is 1.77. The number of hydrogen-bond acceptors (Lipinski definition) is 4. The number of guanidine groups is 1. The molecule has 1 aliphatic heterocycles. The molecule has 0 spiro atoms. The maximum atomic E-state index is 6.10. The molecule has 2 N–H and O–H groups in total. The molecular formula is C25H31N5O2. The SMILES string of the molecule is CN=C(NCc1ccn(-c2ccccc2)n1)NCc1ccc(C)cc1OCC1CCCO1. The van der Waals surface area contributed by atoms with Gasteiger partial charge in [0.1, 0.15) is 12.4 Å². The number of benzene rings is 2. The summed E-state index contributed by atoms with van der Waals surface area (Å²) in [6.45, 7) is 4.69. The van der Waals surface area contributed by atoms with Gasteiger partial charge in [0.2, 0.25) is 0 Å². The summed E-state index contributed by atoms with van der Waals surface area (Å²) >= 11 is 0. The van der Waals surface area contributed by atoms with E-state index in [0.717, 1.165) is 42.1 Å². The van der Waals surface area contributed by atoms with Gasteiger partial charge in [-0.1, -0.05) is 30.3 Å². The Hall–Kier alpha value is -3.32. The molecular weight excluding hydrogens is 402 g/mol. The first-order chi connectivity index (χ1) is 15.7. The number of nitrogens with zero attached hydrogens (tertiary/aromatic N) is 3. The van der Waals surface area contributed by atoms with Gasteiger partial charge in [-0.3, -0.25) is 4.99 Å². The number of aryl methyl sites for hydroxylation is 1. The monoisotopic (exact) mass is 433 g/mol. The molecule has 1 aromatic heterocycles. The second kappa shape index (κ2) is 10.8. The van der Waals surface area contributed by atoms with Crippen LogP contribution in [0.1, 0.15) is 29.7 Å². The molecule has 3 aromatic rings. The third kappa shape index (κ3) is 5.88. The van der Waals surface area contributed by atoms with E-state index in [-0.39, 0.29) is 6.10 Å². The Balaban J connectivity index is 1.31. The van der Waals surface area contributed by atoms with Crippen molar-refractivity contribution in [3.05, 3.63) is 77.6 Å². The predicted molar refractivity (Wildman–Crippen MR) is 126 cm³/mol. The van der Waals surface area contributed by atoms with Gasteiger partial charge in [-0.15, -0.1) is 0 Å². The summed E-state index contributed by atoms with van der Waals surface area (Å²) in [5.74, 6) is 1.61. The van der Waals surface area contributed by atoms with Gasteiger partial charge in [0.25, 0.3) is 0 Å². The lowest BCUT2D eigenvalue weighted by Gasteiger charge is -2.17. The lowest BCUT2D eigenvalue weighted by Crippen LogP contribution is -2.36. The summed E-state index contributed by atoms with van der Waals surface area (Å²) in [6, 6.07) is 18.4. The first-order valence-electron chi connectivity index (χ1n) is 11.1. The number of nitrogens with one attached hydrogen (secondary N) is 2. The lowest BCUT2D eigenvalue weighted by molar-refractivity contribution is 0.0676. The van der Waals surface area contributed by atoms with Gasteiger partial charge >= 0.3 is 0 Å². The normalized spacial score (nSPS) is 16.2. The maximum Gasteiger partial charge on any atom is 0.191 e. The van der Waals surface area contributed by atoms with Crippen molar-refractivity contribution in [1.29, 1.82) is 0 Å². The molecule has 0 radical (unpaired) electrons. The summed E-state index contributed by atoms with van der Waals surface area (Å²) < 4.78 is 13.7. The van der Waals surface area contributed by atoms with Gasteiger partial charge in [-0.05, 0) is 49.6 Å². The first kappa shape index (κ1) is 21.9. The molecule has 7 nitrogen and oxygen atoms in total. The van der Waals surface area contributed by atoms with Crippen LogP contribution < -0.4 is 15.4 Å². The Bertz CT molecular complexity index is 1030. The van der Waals surface area contributed by atoms with Crippen LogP contribution >= 0.6 is 0 Å². The summed E-state index contributed by atoms with van der Waals surface area (Å²) in [5.41, 5.74) is 4.24. The fraction of sp³-hybridized carbons (Fsp3) is 0.360. The molecule has 1 atom stereocenters. The average molecular weight is 434 g/mol.